The van der Waals surface area contributed by atoms with E-state index in [0.29, 0.717) is 6.42 Å². The summed E-state index contributed by atoms with van der Waals surface area (Å²) in [5.74, 6) is 0.167. The fourth-order valence-electron chi connectivity index (χ4n) is 0.549. The first-order valence-electron chi connectivity index (χ1n) is 2.84. The average molecular weight is 319 g/mol. The van der Waals surface area contributed by atoms with Crippen molar-refractivity contribution >= 4 is 66.9 Å². The van der Waals surface area contributed by atoms with Crippen LogP contribution in [0, 0.1) is 0 Å². The lowest BCUT2D eigenvalue weighted by atomic mass is 10.3. The van der Waals surface area contributed by atoms with Gasteiger partial charge in [0.25, 0.3) is 0 Å². The summed E-state index contributed by atoms with van der Waals surface area (Å²) in [6.45, 7) is 0. The van der Waals surface area contributed by atoms with Crippen LogP contribution in [-0.4, -0.2) is 19.6 Å². The minimum Gasteiger partial charge on any atom is -0.297 e. The van der Waals surface area contributed by atoms with Crippen molar-refractivity contribution in [2.75, 3.05) is 0 Å². The molecule has 1 unspecified atom stereocenters. The maximum Gasteiger partial charge on any atom is 0.159 e. The maximum absolute atomic E-state index is 11.1. The molecule has 0 aromatic carbocycles. The van der Waals surface area contributed by atoms with E-state index >= 15 is 0 Å². The molecular weight excluding hydrogens is 314 g/mol. The molecule has 1 rings (SSSR count). The molecule has 1 aliphatic heterocycles. The molecular formula is C5H5Br2NOS2. The van der Waals surface area contributed by atoms with Gasteiger partial charge >= 0.3 is 0 Å². The predicted molar refractivity (Wildman–Crippen MR) is 58.7 cm³/mol. The largest absolute Gasteiger partial charge is 0.297 e. The molecule has 0 bridgehead atoms. The second-order valence-electron chi connectivity index (χ2n) is 1.85. The van der Waals surface area contributed by atoms with Crippen molar-refractivity contribution in [3.05, 3.63) is 0 Å². The standard InChI is InChI=1S/C5H5Br2NOS2/c6-5(7)3(9)1-4-10-2-8-11-4/h2,4-5H,1H2. The van der Waals surface area contributed by atoms with Crippen molar-refractivity contribution < 1.29 is 4.79 Å². The number of alkyl halides is 2. The topological polar surface area (TPSA) is 29.4 Å². The van der Waals surface area contributed by atoms with Crippen LogP contribution < -0.4 is 0 Å². The van der Waals surface area contributed by atoms with Gasteiger partial charge in [0.15, 0.2) is 5.78 Å². The van der Waals surface area contributed by atoms with Crippen molar-refractivity contribution in [2.24, 2.45) is 4.40 Å². The van der Waals surface area contributed by atoms with Gasteiger partial charge in [-0.05, 0) is 11.9 Å². The summed E-state index contributed by atoms with van der Waals surface area (Å²) in [5.41, 5.74) is 1.78. The molecule has 62 valence electrons. The number of nitrogens with zero attached hydrogens (tertiary/aromatic N) is 1. The quantitative estimate of drug-likeness (QED) is 0.592. The van der Waals surface area contributed by atoms with Crippen LogP contribution in [0.25, 0.3) is 0 Å². The van der Waals surface area contributed by atoms with E-state index in [0.717, 1.165) is 0 Å². The third-order valence-corrected chi connectivity index (χ3v) is 4.12. The van der Waals surface area contributed by atoms with E-state index in [1.165, 1.54) is 11.9 Å². The van der Waals surface area contributed by atoms with Gasteiger partial charge in [-0.25, -0.2) is 4.40 Å². The first-order valence-corrected chi connectivity index (χ1v) is 6.45. The highest BCUT2D eigenvalue weighted by Crippen LogP contribution is 2.33. The summed E-state index contributed by atoms with van der Waals surface area (Å²) >= 11 is 9.36. The van der Waals surface area contributed by atoms with Gasteiger partial charge in [0.05, 0.1) is 10.1 Å². The average Bonchev–Trinajstić information content (AvgIpc) is 2.39. The molecule has 0 saturated carbocycles. The molecule has 0 saturated heterocycles. The predicted octanol–water partition coefficient (Wildman–Crippen LogP) is 2.81. The number of carbonyl (C=O) groups excluding carboxylic acids is 1. The summed E-state index contributed by atoms with van der Waals surface area (Å²) < 4.78 is 4.02. The van der Waals surface area contributed by atoms with Crippen LogP contribution >= 0.6 is 55.6 Å². The van der Waals surface area contributed by atoms with Crippen LogP contribution in [0.2, 0.25) is 0 Å². The molecule has 0 aromatic heterocycles. The fourth-order valence-corrected chi connectivity index (χ4v) is 2.59. The van der Waals surface area contributed by atoms with Gasteiger partial charge in [-0.1, -0.05) is 43.6 Å². The molecule has 0 aromatic rings. The van der Waals surface area contributed by atoms with Crippen molar-refractivity contribution in [3.63, 3.8) is 0 Å². The minimum atomic E-state index is -0.211. The third-order valence-electron chi connectivity index (χ3n) is 1.05. The Labute approximate surface area is 90.4 Å². The Kier molecular flexibility index (Phi) is 4.48. The van der Waals surface area contributed by atoms with Crippen LogP contribution in [0.5, 0.6) is 0 Å². The number of thioether (sulfide) groups is 1. The second kappa shape index (κ2) is 4.89. The van der Waals surface area contributed by atoms with Gasteiger partial charge in [-0.2, -0.15) is 0 Å². The summed E-state index contributed by atoms with van der Waals surface area (Å²) in [5, 5.41) is 0. The lowest BCUT2D eigenvalue weighted by Gasteiger charge is -2.04. The molecule has 6 heteroatoms. The van der Waals surface area contributed by atoms with Gasteiger partial charge in [-0.3, -0.25) is 4.79 Å². The molecule has 11 heavy (non-hydrogen) atoms. The Morgan fingerprint density at radius 2 is 2.45 bits per heavy atom. The van der Waals surface area contributed by atoms with Gasteiger partial charge in [0, 0.05) is 6.42 Å². The maximum atomic E-state index is 11.1. The van der Waals surface area contributed by atoms with E-state index in [-0.39, 0.29) is 14.1 Å². The molecule has 2 nitrogen and oxygen atoms in total. The monoisotopic (exact) mass is 317 g/mol. The Hall–Kier alpha value is 1.000. The normalized spacial score (nSPS) is 23.0. The van der Waals surface area contributed by atoms with Gasteiger partial charge in [0.1, 0.15) is 3.74 Å². The lowest BCUT2D eigenvalue weighted by Crippen LogP contribution is -2.11. The molecule has 1 atom stereocenters. The van der Waals surface area contributed by atoms with Gasteiger partial charge in [0.2, 0.25) is 0 Å². The number of hydrogen-bond donors (Lipinski definition) is 0. The van der Waals surface area contributed by atoms with Crippen molar-refractivity contribution in [2.45, 2.75) is 14.7 Å². The van der Waals surface area contributed by atoms with Crippen LogP contribution in [0.3, 0.4) is 0 Å². The zero-order valence-electron chi connectivity index (χ0n) is 5.37. The van der Waals surface area contributed by atoms with E-state index in [4.69, 9.17) is 0 Å². The van der Waals surface area contributed by atoms with E-state index in [9.17, 15) is 4.79 Å². The van der Waals surface area contributed by atoms with Crippen molar-refractivity contribution in [3.8, 4) is 0 Å². The zero-order valence-corrected chi connectivity index (χ0v) is 10.2. The van der Waals surface area contributed by atoms with E-state index in [1.807, 2.05) is 0 Å². The molecule has 0 fully saturated rings. The number of carbonyl (C=O) groups is 1. The molecule has 0 spiro atoms. The van der Waals surface area contributed by atoms with Crippen LogP contribution in [0.1, 0.15) is 6.42 Å². The van der Waals surface area contributed by atoms with Crippen LogP contribution in [0.4, 0.5) is 0 Å². The highest BCUT2D eigenvalue weighted by atomic mass is 79.9. The number of rotatable bonds is 3. The second-order valence-corrected chi connectivity index (χ2v) is 7.25. The summed E-state index contributed by atoms with van der Waals surface area (Å²) in [7, 11) is 0. The minimum absolute atomic E-state index is 0.167. The number of Topliss-reactive ketones (excluding diaryl/α,β-unsaturated/α-hetero) is 1. The number of hydrogen-bond acceptors (Lipinski definition) is 4. The third kappa shape index (κ3) is 3.48. The van der Waals surface area contributed by atoms with E-state index < -0.39 is 0 Å². The number of halogens is 2. The molecule has 1 aliphatic rings. The van der Waals surface area contributed by atoms with E-state index in [2.05, 4.69) is 36.3 Å². The Bertz CT molecular complexity index is 177. The molecule has 1 heterocycles. The Balaban J connectivity index is 2.25. The highest BCUT2D eigenvalue weighted by Gasteiger charge is 2.20. The van der Waals surface area contributed by atoms with E-state index in [1.54, 1.807) is 17.3 Å². The molecule has 0 amide bonds. The van der Waals surface area contributed by atoms with Crippen LogP contribution in [-0.2, 0) is 4.79 Å². The first-order chi connectivity index (χ1) is 5.20. The molecule has 0 radical (unpaired) electrons. The van der Waals surface area contributed by atoms with Gasteiger partial charge in [-0.15, -0.1) is 0 Å². The van der Waals surface area contributed by atoms with Crippen molar-refractivity contribution in [1.82, 2.24) is 0 Å². The van der Waals surface area contributed by atoms with Crippen molar-refractivity contribution in [1.29, 1.82) is 0 Å². The summed E-state index contributed by atoms with van der Waals surface area (Å²) in [4.78, 5) is 11.1. The summed E-state index contributed by atoms with van der Waals surface area (Å²) in [6, 6.07) is 0. The zero-order chi connectivity index (χ0) is 8.27. The SMILES string of the molecule is O=C(CC1SC=NS1)C(Br)Br. The highest BCUT2D eigenvalue weighted by molar-refractivity contribution is 9.25. The number of ketones is 1. The first kappa shape index (κ1) is 10.1. The lowest BCUT2D eigenvalue weighted by molar-refractivity contribution is -0.116. The Morgan fingerprint density at radius 1 is 1.73 bits per heavy atom. The smallest absolute Gasteiger partial charge is 0.159 e. The summed E-state index contributed by atoms with van der Waals surface area (Å²) in [6.07, 6.45) is 0.552. The fraction of sp³-hybridized carbons (Fsp3) is 0.600. The van der Waals surface area contributed by atoms with Gasteiger partial charge < -0.3 is 0 Å². The Morgan fingerprint density at radius 3 is 2.91 bits per heavy atom. The van der Waals surface area contributed by atoms with Crippen LogP contribution in [0.15, 0.2) is 4.40 Å². The molecule has 0 aliphatic carbocycles. The molecule has 0 N–H and O–H groups in total.